The highest BCUT2D eigenvalue weighted by Gasteiger charge is 2.21. The van der Waals surface area contributed by atoms with Crippen molar-refractivity contribution in [2.24, 2.45) is 0 Å². The van der Waals surface area contributed by atoms with Crippen molar-refractivity contribution in [2.75, 3.05) is 17.3 Å². The fourth-order valence-electron chi connectivity index (χ4n) is 2.85. The van der Waals surface area contributed by atoms with Gasteiger partial charge in [0, 0.05) is 30.1 Å². The minimum atomic E-state index is -0.966. The molecular formula is C23H21N3O5. The maximum absolute atomic E-state index is 12.6. The van der Waals surface area contributed by atoms with E-state index in [1.165, 1.54) is 30.0 Å². The molecular weight excluding hydrogens is 398 g/mol. The summed E-state index contributed by atoms with van der Waals surface area (Å²) < 4.78 is 5.47. The number of hydrogen-bond acceptors (Lipinski definition) is 5. The number of benzene rings is 3. The van der Waals surface area contributed by atoms with Gasteiger partial charge in [0.2, 0.25) is 0 Å². The zero-order valence-electron chi connectivity index (χ0n) is 17.0. The molecule has 0 spiro atoms. The minimum Gasteiger partial charge on any atom is -0.474 e. The highest BCUT2D eigenvalue weighted by Crippen LogP contribution is 2.27. The first-order valence-corrected chi connectivity index (χ1v) is 9.51. The van der Waals surface area contributed by atoms with Gasteiger partial charge in [-0.25, -0.2) is 0 Å². The van der Waals surface area contributed by atoms with Crippen molar-refractivity contribution in [2.45, 2.75) is 13.0 Å². The predicted octanol–water partition coefficient (Wildman–Crippen LogP) is 4.28. The van der Waals surface area contributed by atoms with Crippen LogP contribution in [0.3, 0.4) is 0 Å². The summed E-state index contributed by atoms with van der Waals surface area (Å²) in [4.78, 5) is 37.1. The molecule has 158 valence electrons. The molecule has 3 rings (SSSR count). The highest BCUT2D eigenvalue weighted by molar-refractivity contribution is 6.06. The molecule has 1 N–H and O–H groups in total. The molecule has 0 saturated heterocycles. The van der Waals surface area contributed by atoms with Crippen LogP contribution in [0.1, 0.15) is 17.3 Å². The van der Waals surface area contributed by atoms with Gasteiger partial charge in [0.15, 0.2) is 11.9 Å². The first kappa shape index (κ1) is 21.5. The molecule has 31 heavy (non-hydrogen) atoms. The van der Waals surface area contributed by atoms with Crippen molar-refractivity contribution in [3.63, 3.8) is 0 Å². The van der Waals surface area contributed by atoms with Crippen molar-refractivity contribution in [1.82, 2.24) is 0 Å². The zero-order chi connectivity index (χ0) is 22.4. The van der Waals surface area contributed by atoms with E-state index < -0.39 is 16.9 Å². The predicted molar refractivity (Wildman–Crippen MR) is 117 cm³/mol. The van der Waals surface area contributed by atoms with Gasteiger partial charge in [-0.1, -0.05) is 30.3 Å². The quantitative estimate of drug-likeness (QED) is 0.455. The summed E-state index contributed by atoms with van der Waals surface area (Å²) in [6, 6.07) is 21.6. The normalized spacial score (nSPS) is 11.3. The van der Waals surface area contributed by atoms with Crippen molar-refractivity contribution >= 4 is 28.9 Å². The van der Waals surface area contributed by atoms with Crippen LogP contribution in [-0.4, -0.2) is 29.9 Å². The Balaban J connectivity index is 1.63. The van der Waals surface area contributed by atoms with E-state index >= 15 is 0 Å². The van der Waals surface area contributed by atoms with Crippen LogP contribution in [0.5, 0.6) is 5.75 Å². The first-order chi connectivity index (χ1) is 14.9. The molecule has 0 heterocycles. The highest BCUT2D eigenvalue weighted by atomic mass is 16.6. The average Bonchev–Trinajstić information content (AvgIpc) is 2.79. The molecule has 0 saturated carbocycles. The lowest BCUT2D eigenvalue weighted by Crippen LogP contribution is -2.30. The van der Waals surface area contributed by atoms with Crippen LogP contribution in [0.2, 0.25) is 0 Å². The van der Waals surface area contributed by atoms with Crippen LogP contribution < -0.4 is 15.0 Å². The molecule has 8 nitrogen and oxygen atoms in total. The number of rotatable bonds is 7. The summed E-state index contributed by atoms with van der Waals surface area (Å²) >= 11 is 0. The number of carbonyl (C=O) groups is 2. The standard InChI is InChI=1S/C23H21N3O5/c1-16(31-21-11-7-6-10-20(21)26(29)30)22(27)24-18-14-12-17(13-15-18)23(28)25(2)19-8-4-3-5-9-19/h3-16H,1-2H3,(H,24,27). The van der Waals surface area contributed by atoms with Crippen LogP contribution in [0.4, 0.5) is 17.1 Å². The van der Waals surface area contributed by atoms with E-state index in [2.05, 4.69) is 5.32 Å². The van der Waals surface area contributed by atoms with Crippen LogP contribution in [0, 0.1) is 10.1 Å². The third-order valence-corrected chi connectivity index (χ3v) is 4.58. The third-order valence-electron chi connectivity index (χ3n) is 4.58. The second kappa shape index (κ2) is 9.53. The van der Waals surface area contributed by atoms with Crippen LogP contribution >= 0.6 is 0 Å². The zero-order valence-corrected chi connectivity index (χ0v) is 17.0. The van der Waals surface area contributed by atoms with Crippen LogP contribution in [-0.2, 0) is 4.79 Å². The molecule has 0 aliphatic carbocycles. The maximum atomic E-state index is 12.6. The smallest absolute Gasteiger partial charge is 0.310 e. The number of para-hydroxylation sites is 3. The average molecular weight is 419 g/mol. The number of nitro groups is 1. The largest absolute Gasteiger partial charge is 0.474 e. The van der Waals surface area contributed by atoms with Gasteiger partial charge in [0.25, 0.3) is 11.8 Å². The second-order valence-corrected chi connectivity index (χ2v) is 6.75. The van der Waals surface area contributed by atoms with Gasteiger partial charge in [0.05, 0.1) is 4.92 Å². The lowest BCUT2D eigenvalue weighted by atomic mass is 10.1. The van der Waals surface area contributed by atoms with E-state index in [0.717, 1.165) is 5.69 Å². The van der Waals surface area contributed by atoms with Gasteiger partial charge >= 0.3 is 5.69 Å². The lowest BCUT2D eigenvalue weighted by molar-refractivity contribution is -0.386. The van der Waals surface area contributed by atoms with Crippen LogP contribution in [0.15, 0.2) is 78.9 Å². The summed E-state index contributed by atoms with van der Waals surface area (Å²) in [5, 5.41) is 13.8. The van der Waals surface area contributed by atoms with E-state index in [1.54, 1.807) is 37.4 Å². The molecule has 0 aliphatic heterocycles. The fraction of sp³-hybridized carbons (Fsp3) is 0.130. The molecule has 1 unspecified atom stereocenters. The Morgan fingerprint density at radius 2 is 1.58 bits per heavy atom. The summed E-state index contributed by atoms with van der Waals surface area (Å²) in [7, 11) is 1.69. The Morgan fingerprint density at radius 3 is 2.23 bits per heavy atom. The molecule has 0 radical (unpaired) electrons. The molecule has 0 aromatic heterocycles. The van der Waals surface area contributed by atoms with Gasteiger partial charge in [-0.15, -0.1) is 0 Å². The molecule has 8 heteroatoms. The number of nitrogens with one attached hydrogen (secondary N) is 1. The summed E-state index contributed by atoms with van der Waals surface area (Å²) in [6.45, 7) is 1.50. The van der Waals surface area contributed by atoms with Crippen LogP contribution in [0.25, 0.3) is 0 Å². The molecule has 0 fully saturated rings. The van der Waals surface area contributed by atoms with E-state index in [1.807, 2.05) is 30.3 Å². The summed E-state index contributed by atoms with van der Waals surface area (Å²) in [5.41, 5.74) is 1.49. The van der Waals surface area contributed by atoms with Gasteiger partial charge < -0.3 is 15.0 Å². The number of nitro benzene ring substituents is 1. The second-order valence-electron chi connectivity index (χ2n) is 6.75. The SMILES string of the molecule is CC(Oc1ccccc1[N+](=O)[O-])C(=O)Nc1ccc(C(=O)N(C)c2ccccc2)cc1. The van der Waals surface area contributed by atoms with Gasteiger partial charge in [0.1, 0.15) is 0 Å². The van der Waals surface area contributed by atoms with Crippen molar-refractivity contribution in [3.8, 4) is 5.75 Å². The number of carbonyl (C=O) groups excluding carboxylic acids is 2. The van der Waals surface area contributed by atoms with Crippen molar-refractivity contribution < 1.29 is 19.2 Å². The Bertz CT molecular complexity index is 1080. The van der Waals surface area contributed by atoms with Gasteiger partial charge in [-0.3, -0.25) is 19.7 Å². The van der Waals surface area contributed by atoms with Gasteiger partial charge in [-0.2, -0.15) is 0 Å². The number of hydrogen-bond donors (Lipinski definition) is 1. The van der Waals surface area contributed by atoms with E-state index in [4.69, 9.17) is 4.74 Å². The van der Waals surface area contributed by atoms with Crippen molar-refractivity contribution in [3.05, 3.63) is 94.5 Å². The Hall–Kier alpha value is -4.20. The topological polar surface area (TPSA) is 102 Å². The fourth-order valence-corrected chi connectivity index (χ4v) is 2.85. The maximum Gasteiger partial charge on any atom is 0.310 e. The molecule has 0 bridgehead atoms. The lowest BCUT2D eigenvalue weighted by Gasteiger charge is -2.18. The first-order valence-electron chi connectivity index (χ1n) is 9.51. The molecule has 2 amide bonds. The third kappa shape index (κ3) is 5.24. The Labute approximate surface area is 179 Å². The Morgan fingerprint density at radius 1 is 0.968 bits per heavy atom. The van der Waals surface area contributed by atoms with Crippen molar-refractivity contribution in [1.29, 1.82) is 0 Å². The molecule has 3 aromatic rings. The molecule has 1 atom stereocenters. The number of anilines is 2. The monoisotopic (exact) mass is 419 g/mol. The van der Waals surface area contributed by atoms with Gasteiger partial charge in [-0.05, 0) is 49.4 Å². The summed E-state index contributed by atoms with van der Waals surface area (Å²) in [5.74, 6) is -0.643. The molecule has 3 aromatic carbocycles. The van der Waals surface area contributed by atoms with E-state index in [9.17, 15) is 19.7 Å². The van der Waals surface area contributed by atoms with E-state index in [-0.39, 0.29) is 17.3 Å². The molecule has 0 aliphatic rings. The Kier molecular flexibility index (Phi) is 6.61. The van der Waals surface area contributed by atoms with E-state index in [0.29, 0.717) is 11.3 Å². The minimum absolute atomic E-state index is 0.0139. The number of ether oxygens (including phenoxy) is 1. The number of amides is 2. The summed E-state index contributed by atoms with van der Waals surface area (Å²) in [6.07, 6.45) is -0.966. The number of nitrogens with zero attached hydrogens (tertiary/aromatic N) is 2.